The lowest BCUT2D eigenvalue weighted by Crippen LogP contribution is -2.16. The molecule has 0 aliphatic carbocycles. The third-order valence-electron chi connectivity index (χ3n) is 3.33. The Balaban J connectivity index is 1.69. The number of carbonyl (C=O) groups excluding carboxylic acids is 2. The summed E-state index contributed by atoms with van der Waals surface area (Å²) in [7, 11) is 0. The van der Waals surface area contributed by atoms with Gasteiger partial charge in [-0.05, 0) is 30.3 Å². The van der Waals surface area contributed by atoms with Gasteiger partial charge in [0.05, 0.1) is 18.1 Å². The number of aromatic nitrogens is 2. The molecule has 0 aliphatic rings. The van der Waals surface area contributed by atoms with Crippen molar-refractivity contribution in [2.75, 3.05) is 5.32 Å². The van der Waals surface area contributed by atoms with Crippen LogP contribution in [0.1, 0.15) is 20.8 Å². The van der Waals surface area contributed by atoms with E-state index < -0.39 is 17.6 Å². The fraction of sp³-hybridized carbons (Fsp3) is 0. The Morgan fingerprint density at radius 1 is 1.04 bits per heavy atom. The zero-order valence-electron chi connectivity index (χ0n) is 13.3. The normalized spacial score (nSPS) is 10.2. The molecule has 2 amide bonds. The Kier molecular flexibility index (Phi) is 4.84. The lowest BCUT2D eigenvalue weighted by molar-refractivity contribution is 0.0997. The summed E-state index contributed by atoms with van der Waals surface area (Å²) in [5.41, 5.74) is 4.94. The topological polar surface area (TPSA) is 107 Å². The molecule has 0 atom stereocenters. The van der Waals surface area contributed by atoms with Gasteiger partial charge in [0.25, 0.3) is 5.91 Å². The molecule has 26 heavy (non-hydrogen) atoms. The molecule has 3 aromatic rings. The van der Waals surface area contributed by atoms with E-state index in [0.29, 0.717) is 5.75 Å². The average Bonchev–Trinajstić information content (AvgIpc) is 2.64. The summed E-state index contributed by atoms with van der Waals surface area (Å²) >= 11 is 0. The summed E-state index contributed by atoms with van der Waals surface area (Å²) in [6.45, 7) is 0. The summed E-state index contributed by atoms with van der Waals surface area (Å²) in [6.07, 6.45) is 2.50. The Labute approximate surface area is 147 Å². The molecule has 3 rings (SSSR count). The number of hydrogen-bond donors (Lipinski definition) is 2. The molecule has 0 saturated heterocycles. The Bertz CT molecular complexity index is 946. The quantitative estimate of drug-likeness (QED) is 0.734. The van der Waals surface area contributed by atoms with Crippen molar-refractivity contribution in [2.24, 2.45) is 5.73 Å². The van der Waals surface area contributed by atoms with Crippen LogP contribution in [0.2, 0.25) is 0 Å². The van der Waals surface area contributed by atoms with E-state index in [-0.39, 0.29) is 22.8 Å². The fourth-order valence-electron chi connectivity index (χ4n) is 2.05. The number of anilines is 1. The van der Waals surface area contributed by atoms with Crippen LogP contribution < -0.4 is 15.8 Å². The van der Waals surface area contributed by atoms with Crippen LogP contribution in [0.3, 0.4) is 0 Å². The van der Waals surface area contributed by atoms with Crippen LogP contribution >= 0.6 is 0 Å². The largest absolute Gasteiger partial charge is 0.438 e. The van der Waals surface area contributed by atoms with Crippen molar-refractivity contribution in [2.45, 2.75) is 0 Å². The summed E-state index contributed by atoms with van der Waals surface area (Å²) in [4.78, 5) is 31.1. The fourth-order valence-corrected chi connectivity index (χ4v) is 2.05. The number of nitrogens with one attached hydrogen (secondary N) is 1. The van der Waals surface area contributed by atoms with E-state index >= 15 is 0 Å². The minimum atomic E-state index is -0.786. The Hall–Kier alpha value is -3.81. The van der Waals surface area contributed by atoms with E-state index in [1.807, 2.05) is 18.2 Å². The van der Waals surface area contributed by atoms with Gasteiger partial charge in [0, 0.05) is 5.56 Å². The zero-order valence-corrected chi connectivity index (χ0v) is 13.3. The molecular formula is C18H13FN4O3. The molecule has 3 N–H and O–H groups in total. The highest BCUT2D eigenvalue weighted by Gasteiger charge is 2.13. The first-order valence-electron chi connectivity index (χ1n) is 7.48. The van der Waals surface area contributed by atoms with Gasteiger partial charge in [-0.2, -0.15) is 0 Å². The molecule has 130 valence electrons. The van der Waals surface area contributed by atoms with Crippen LogP contribution in [0, 0.1) is 5.82 Å². The average molecular weight is 352 g/mol. The number of ether oxygens (including phenoxy) is 1. The maximum Gasteiger partial charge on any atom is 0.275 e. The van der Waals surface area contributed by atoms with Gasteiger partial charge in [0.15, 0.2) is 0 Å². The van der Waals surface area contributed by atoms with Gasteiger partial charge in [-0.3, -0.25) is 9.59 Å². The number of rotatable bonds is 5. The van der Waals surface area contributed by atoms with Crippen LogP contribution in [-0.4, -0.2) is 21.8 Å². The van der Waals surface area contributed by atoms with Gasteiger partial charge in [-0.15, -0.1) is 0 Å². The van der Waals surface area contributed by atoms with Crippen molar-refractivity contribution < 1.29 is 18.7 Å². The highest BCUT2D eigenvalue weighted by Crippen LogP contribution is 2.19. The predicted octanol–water partition coefficient (Wildman–Crippen LogP) is 2.76. The van der Waals surface area contributed by atoms with Gasteiger partial charge in [0.2, 0.25) is 11.8 Å². The molecule has 8 heteroatoms. The molecule has 0 spiro atoms. The van der Waals surface area contributed by atoms with Crippen molar-refractivity contribution in [3.8, 4) is 11.6 Å². The van der Waals surface area contributed by atoms with Crippen LogP contribution in [0.25, 0.3) is 0 Å². The number of primary amides is 1. The molecule has 1 aromatic heterocycles. The van der Waals surface area contributed by atoms with Gasteiger partial charge >= 0.3 is 0 Å². The van der Waals surface area contributed by atoms with Crippen LogP contribution in [0.15, 0.2) is 60.9 Å². The van der Waals surface area contributed by atoms with E-state index in [0.717, 1.165) is 6.07 Å². The smallest absolute Gasteiger partial charge is 0.275 e. The molecule has 0 radical (unpaired) electrons. The first-order chi connectivity index (χ1) is 12.5. The van der Waals surface area contributed by atoms with Crippen LogP contribution in [0.4, 0.5) is 10.1 Å². The monoisotopic (exact) mass is 352 g/mol. The van der Waals surface area contributed by atoms with Gasteiger partial charge < -0.3 is 15.8 Å². The first kappa shape index (κ1) is 17.0. The number of halogens is 1. The molecule has 0 fully saturated rings. The summed E-state index contributed by atoms with van der Waals surface area (Å²) < 4.78 is 19.4. The minimum Gasteiger partial charge on any atom is -0.438 e. The predicted molar refractivity (Wildman–Crippen MR) is 91.4 cm³/mol. The highest BCUT2D eigenvalue weighted by molar-refractivity contribution is 6.03. The van der Waals surface area contributed by atoms with Crippen molar-refractivity contribution in [1.82, 2.24) is 9.97 Å². The lowest BCUT2D eigenvalue weighted by atomic mass is 10.2. The van der Waals surface area contributed by atoms with Crippen molar-refractivity contribution in [3.05, 3.63) is 78.0 Å². The third-order valence-corrected chi connectivity index (χ3v) is 3.33. The summed E-state index contributed by atoms with van der Waals surface area (Å²) in [5.74, 6) is -1.41. The number of hydrogen-bond acceptors (Lipinski definition) is 5. The lowest BCUT2D eigenvalue weighted by Gasteiger charge is -2.07. The Morgan fingerprint density at radius 2 is 1.81 bits per heavy atom. The molecule has 0 saturated carbocycles. The zero-order chi connectivity index (χ0) is 18.5. The van der Waals surface area contributed by atoms with E-state index in [1.165, 1.54) is 24.5 Å². The third kappa shape index (κ3) is 3.99. The number of carbonyl (C=O) groups is 2. The SMILES string of the molecule is NC(=O)c1ccc(NC(=O)c2cnc(Oc3ccccc3)cn2)c(F)c1. The maximum absolute atomic E-state index is 13.9. The Morgan fingerprint density at radius 3 is 2.42 bits per heavy atom. The van der Waals surface area contributed by atoms with Gasteiger partial charge in [-0.25, -0.2) is 14.4 Å². The van der Waals surface area contributed by atoms with E-state index in [9.17, 15) is 14.0 Å². The van der Waals surface area contributed by atoms with E-state index in [1.54, 1.807) is 12.1 Å². The molecule has 0 unspecified atom stereocenters. The van der Waals surface area contributed by atoms with Crippen LogP contribution in [0.5, 0.6) is 11.6 Å². The minimum absolute atomic E-state index is 0.00250. The number of nitrogens with two attached hydrogens (primary N) is 1. The maximum atomic E-state index is 13.9. The molecule has 0 aliphatic heterocycles. The number of para-hydroxylation sites is 1. The number of benzene rings is 2. The van der Waals surface area contributed by atoms with Crippen LogP contribution in [-0.2, 0) is 0 Å². The second-order valence-corrected chi connectivity index (χ2v) is 5.17. The van der Waals surface area contributed by atoms with Gasteiger partial charge in [0.1, 0.15) is 17.3 Å². The molecular weight excluding hydrogens is 339 g/mol. The number of nitrogens with zero attached hydrogens (tertiary/aromatic N) is 2. The molecule has 7 nitrogen and oxygen atoms in total. The second kappa shape index (κ2) is 7.39. The van der Waals surface area contributed by atoms with Crippen molar-refractivity contribution in [1.29, 1.82) is 0 Å². The second-order valence-electron chi connectivity index (χ2n) is 5.17. The molecule has 2 aromatic carbocycles. The van der Waals surface area contributed by atoms with Crippen molar-refractivity contribution in [3.63, 3.8) is 0 Å². The van der Waals surface area contributed by atoms with Gasteiger partial charge in [-0.1, -0.05) is 18.2 Å². The first-order valence-corrected chi connectivity index (χ1v) is 7.48. The summed E-state index contributed by atoms with van der Waals surface area (Å²) in [5, 5.41) is 2.35. The van der Waals surface area contributed by atoms with E-state index in [4.69, 9.17) is 10.5 Å². The highest BCUT2D eigenvalue weighted by atomic mass is 19.1. The van der Waals surface area contributed by atoms with E-state index in [2.05, 4.69) is 15.3 Å². The number of amides is 2. The van der Waals surface area contributed by atoms with Crippen molar-refractivity contribution >= 4 is 17.5 Å². The summed E-state index contributed by atoms with van der Waals surface area (Å²) in [6, 6.07) is 12.5. The standard InChI is InChI=1S/C18H13FN4O3/c19-13-8-11(17(20)24)6-7-14(13)23-18(25)15-9-22-16(10-21-15)26-12-4-2-1-3-5-12/h1-10H,(H2,20,24)(H,23,25). The molecule has 0 bridgehead atoms. The molecule has 1 heterocycles.